The SMILES string of the molecule is O=C(O)c1cc(C(=O)N2CCC(COCc3ccccc3)C2)cc([N+](=O)[O-])c1. The summed E-state index contributed by atoms with van der Waals surface area (Å²) in [6, 6.07) is 13.0. The molecule has 8 heteroatoms. The fourth-order valence-corrected chi connectivity index (χ4v) is 3.22. The second-order valence-corrected chi connectivity index (χ2v) is 6.74. The van der Waals surface area contributed by atoms with Crippen LogP contribution in [0.15, 0.2) is 48.5 Å². The van der Waals surface area contributed by atoms with E-state index >= 15 is 0 Å². The van der Waals surface area contributed by atoms with E-state index in [4.69, 9.17) is 9.84 Å². The van der Waals surface area contributed by atoms with E-state index in [1.54, 1.807) is 4.90 Å². The molecular weight excluding hydrogens is 364 g/mol. The van der Waals surface area contributed by atoms with Gasteiger partial charge >= 0.3 is 5.97 Å². The third-order valence-corrected chi connectivity index (χ3v) is 4.66. The number of nitro benzene ring substituents is 1. The van der Waals surface area contributed by atoms with Crippen molar-refractivity contribution in [3.8, 4) is 0 Å². The molecule has 1 atom stereocenters. The monoisotopic (exact) mass is 384 g/mol. The van der Waals surface area contributed by atoms with E-state index in [0.29, 0.717) is 26.3 Å². The molecule has 0 aromatic heterocycles. The number of non-ortho nitro benzene ring substituents is 1. The van der Waals surface area contributed by atoms with Crippen LogP contribution in [0.1, 0.15) is 32.7 Å². The molecule has 146 valence electrons. The minimum Gasteiger partial charge on any atom is -0.478 e. The normalized spacial score (nSPS) is 16.1. The van der Waals surface area contributed by atoms with Crippen LogP contribution in [0, 0.1) is 16.0 Å². The zero-order valence-corrected chi connectivity index (χ0v) is 15.1. The smallest absolute Gasteiger partial charge is 0.335 e. The average molecular weight is 384 g/mol. The molecule has 1 heterocycles. The number of carboxylic acid groups (broad SMARTS) is 1. The molecule has 0 bridgehead atoms. The second-order valence-electron chi connectivity index (χ2n) is 6.74. The van der Waals surface area contributed by atoms with E-state index in [1.807, 2.05) is 30.3 Å². The van der Waals surface area contributed by atoms with Crippen LogP contribution in [0.25, 0.3) is 0 Å². The van der Waals surface area contributed by atoms with Gasteiger partial charge in [0.15, 0.2) is 0 Å². The highest BCUT2D eigenvalue weighted by Gasteiger charge is 2.28. The molecule has 1 N–H and O–H groups in total. The van der Waals surface area contributed by atoms with Crippen molar-refractivity contribution in [2.24, 2.45) is 5.92 Å². The largest absolute Gasteiger partial charge is 0.478 e. The van der Waals surface area contributed by atoms with Crippen molar-refractivity contribution in [1.29, 1.82) is 0 Å². The van der Waals surface area contributed by atoms with Crippen molar-refractivity contribution in [3.05, 3.63) is 75.3 Å². The number of hydrogen-bond acceptors (Lipinski definition) is 5. The number of hydrogen-bond donors (Lipinski definition) is 1. The van der Waals surface area contributed by atoms with Crippen LogP contribution >= 0.6 is 0 Å². The number of carbonyl (C=O) groups excluding carboxylic acids is 1. The molecule has 1 amide bonds. The first kappa shape index (κ1) is 19.5. The lowest BCUT2D eigenvalue weighted by Crippen LogP contribution is -2.29. The number of nitrogens with zero attached hydrogens (tertiary/aromatic N) is 2. The van der Waals surface area contributed by atoms with Crippen molar-refractivity contribution in [2.75, 3.05) is 19.7 Å². The van der Waals surface area contributed by atoms with E-state index in [-0.39, 0.29) is 17.0 Å². The van der Waals surface area contributed by atoms with Crippen molar-refractivity contribution >= 4 is 17.6 Å². The van der Waals surface area contributed by atoms with Gasteiger partial charge in [-0.1, -0.05) is 30.3 Å². The number of aromatic carboxylic acids is 1. The Bertz CT molecular complexity index is 851. The topological polar surface area (TPSA) is 110 Å². The molecule has 1 unspecified atom stereocenters. The first-order valence-electron chi connectivity index (χ1n) is 8.88. The lowest BCUT2D eigenvalue weighted by Gasteiger charge is -2.17. The number of carboxylic acids is 1. The quantitative estimate of drug-likeness (QED) is 0.580. The minimum absolute atomic E-state index is 0.0115. The third-order valence-electron chi connectivity index (χ3n) is 4.66. The summed E-state index contributed by atoms with van der Waals surface area (Å²) >= 11 is 0. The van der Waals surface area contributed by atoms with Gasteiger partial charge in [-0.3, -0.25) is 14.9 Å². The highest BCUT2D eigenvalue weighted by molar-refractivity contribution is 5.98. The molecule has 3 rings (SSSR count). The molecule has 0 radical (unpaired) electrons. The summed E-state index contributed by atoms with van der Waals surface area (Å²) in [7, 11) is 0. The maximum atomic E-state index is 12.7. The molecule has 2 aromatic carbocycles. The highest BCUT2D eigenvalue weighted by Crippen LogP contribution is 2.23. The van der Waals surface area contributed by atoms with Crippen LogP contribution in [0.2, 0.25) is 0 Å². The summed E-state index contributed by atoms with van der Waals surface area (Å²) in [6.45, 7) is 1.98. The van der Waals surface area contributed by atoms with Gasteiger partial charge in [0.1, 0.15) is 0 Å². The maximum absolute atomic E-state index is 12.7. The van der Waals surface area contributed by atoms with Crippen LogP contribution < -0.4 is 0 Å². The lowest BCUT2D eigenvalue weighted by molar-refractivity contribution is -0.384. The molecular formula is C20H20N2O6. The summed E-state index contributed by atoms with van der Waals surface area (Å²) in [5.74, 6) is -1.55. The summed E-state index contributed by atoms with van der Waals surface area (Å²) < 4.78 is 5.73. The Balaban J connectivity index is 1.61. The fraction of sp³-hybridized carbons (Fsp3) is 0.300. The summed E-state index contributed by atoms with van der Waals surface area (Å²) in [5.41, 5.74) is 0.397. The van der Waals surface area contributed by atoms with Crippen LogP contribution in [0.4, 0.5) is 5.69 Å². The van der Waals surface area contributed by atoms with E-state index < -0.39 is 22.5 Å². The molecule has 28 heavy (non-hydrogen) atoms. The number of nitro groups is 1. The number of ether oxygens (including phenoxy) is 1. The van der Waals surface area contributed by atoms with Crippen molar-refractivity contribution in [3.63, 3.8) is 0 Å². The molecule has 1 aliphatic heterocycles. The fourth-order valence-electron chi connectivity index (χ4n) is 3.22. The Morgan fingerprint density at radius 1 is 1.18 bits per heavy atom. The van der Waals surface area contributed by atoms with E-state index in [0.717, 1.165) is 24.1 Å². The first-order chi connectivity index (χ1) is 13.4. The standard InChI is InChI=1S/C20H20N2O6/c23-19(16-8-17(20(24)25)10-18(9-16)22(26)27)21-7-6-15(11-21)13-28-12-14-4-2-1-3-5-14/h1-5,8-10,15H,6-7,11-13H2,(H,24,25). The van der Waals surface area contributed by atoms with Crippen LogP contribution in [0.5, 0.6) is 0 Å². The van der Waals surface area contributed by atoms with Crippen molar-refractivity contribution in [2.45, 2.75) is 13.0 Å². The Kier molecular flexibility index (Phi) is 6.00. The second kappa shape index (κ2) is 8.62. The zero-order chi connectivity index (χ0) is 20.1. The van der Waals surface area contributed by atoms with Crippen molar-refractivity contribution in [1.82, 2.24) is 4.90 Å². The molecule has 1 saturated heterocycles. The Morgan fingerprint density at radius 2 is 1.89 bits per heavy atom. The van der Waals surface area contributed by atoms with E-state index in [9.17, 15) is 19.7 Å². The molecule has 0 saturated carbocycles. The van der Waals surface area contributed by atoms with Gasteiger partial charge in [0.2, 0.25) is 0 Å². The first-order valence-corrected chi connectivity index (χ1v) is 8.88. The number of amides is 1. The van der Waals surface area contributed by atoms with Crippen LogP contribution in [0.3, 0.4) is 0 Å². The Morgan fingerprint density at radius 3 is 2.57 bits per heavy atom. The van der Waals surface area contributed by atoms with Crippen LogP contribution in [-0.2, 0) is 11.3 Å². The Labute approximate surface area is 161 Å². The maximum Gasteiger partial charge on any atom is 0.335 e. The van der Waals surface area contributed by atoms with Gasteiger partial charge in [-0.25, -0.2) is 4.79 Å². The molecule has 1 aliphatic rings. The summed E-state index contributed by atoms with van der Waals surface area (Å²) in [4.78, 5) is 35.8. The molecule has 0 spiro atoms. The van der Waals surface area contributed by atoms with Gasteiger partial charge in [-0.15, -0.1) is 0 Å². The predicted octanol–water partition coefficient (Wildman–Crippen LogP) is 2.97. The average Bonchev–Trinajstić information content (AvgIpc) is 3.16. The zero-order valence-electron chi connectivity index (χ0n) is 15.1. The molecule has 1 fully saturated rings. The van der Waals surface area contributed by atoms with Gasteiger partial charge in [-0.05, 0) is 18.1 Å². The number of carbonyl (C=O) groups is 2. The number of rotatable bonds is 7. The Hall–Kier alpha value is -3.26. The van der Waals surface area contributed by atoms with Gasteiger partial charge in [0.05, 0.1) is 23.7 Å². The minimum atomic E-state index is -1.31. The van der Waals surface area contributed by atoms with Gasteiger partial charge in [0.25, 0.3) is 11.6 Å². The van der Waals surface area contributed by atoms with Crippen molar-refractivity contribution < 1.29 is 24.4 Å². The summed E-state index contributed by atoms with van der Waals surface area (Å²) in [6.07, 6.45) is 0.765. The lowest BCUT2D eigenvalue weighted by atomic mass is 10.1. The van der Waals surface area contributed by atoms with E-state index in [2.05, 4.69) is 0 Å². The summed E-state index contributed by atoms with van der Waals surface area (Å²) in [5, 5.41) is 20.2. The van der Waals surface area contributed by atoms with Crippen LogP contribution in [-0.4, -0.2) is 46.5 Å². The predicted molar refractivity (Wildman–Crippen MR) is 100 cm³/mol. The molecule has 2 aromatic rings. The molecule has 8 nitrogen and oxygen atoms in total. The highest BCUT2D eigenvalue weighted by atomic mass is 16.6. The van der Waals surface area contributed by atoms with Gasteiger partial charge in [-0.2, -0.15) is 0 Å². The molecule has 0 aliphatic carbocycles. The van der Waals surface area contributed by atoms with Gasteiger partial charge in [0, 0.05) is 36.7 Å². The van der Waals surface area contributed by atoms with Gasteiger partial charge < -0.3 is 14.7 Å². The third kappa shape index (κ3) is 4.72. The number of benzene rings is 2. The number of likely N-dealkylation sites (tertiary alicyclic amines) is 1. The van der Waals surface area contributed by atoms with E-state index in [1.165, 1.54) is 6.07 Å².